The van der Waals surface area contributed by atoms with Gasteiger partial charge in [0.05, 0.1) is 12.7 Å². The molecular formula is C7H19NO6. The lowest BCUT2D eigenvalue weighted by molar-refractivity contribution is -0.113. The van der Waals surface area contributed by atoms with E-state index in [0.29, 0.717) is 0 Å². The molecule has 14 heavy (non-hydrogen) atoms. The quantitative estimate of drug-likeness (QED) is 0.264. The summed E-state index contributed by atoms with van der Waals surface area (Å²) in [5.41, 5.74) is 0. The van der Waals surface area contributed by atoms with Crippen LogP contribution in [-0.4, -0.2) is 75.6 Å². The molecule has 88 valence electrons. The summed E-state index contributed by atoms with van der Waals surface area (Å²) in [5.74, 6) is 0. The highest BCUT2D eigenvalue weighted by atomic mass is 16.4. The minimum atomic E-state index is -1.55. The van der Waals surface area contributed by atoms with E-state index in [2.05, 4.69) is 5.32 Å². The number of rotatable bonds is 6. The van der Waals surface area contributed by atoms with Crippen LogP contribution in [0.25, 0.3) is 0 Å². The Hall–Kier alpha value is -0.280. The first kappa shape index (κ1) is 16.2. The molecule has 0 aromatic carbocycles. The second-order valence-corrected chi connectivity index (χ2v) is 2.86. The zero-order valence-electron chi connectivity index (χ0n) is 7.96. The van der Waals surface area contributed by atoms with Crippen molar-refractivity contribution in [1.82, 2.24) is 5.32 Å². The number of nitrogens with one attached hydrogen (secondary N) is 1. The van der Waals surface area contributed by atoms with Crippen molar-refractivity contribution in [1.29, 1.82) is 0 Å². The molecule has 0 radical (unpaired) electrons. The van der Waals surface area contributed by atoms with Gasteiger partial charge in [-0.25, -0.2) is 0 Å². The Kier molecular flexibility index (Phi) is 9.31. The minimum Gasteiger partial charge on any atom is -0.412 e. The van der Waals surface area contributed by atoms with Gasteiger partial charge in [0.25, 0.3) is 0 Å². The lowest BCUT2D eigenvalue weighted by Gasteiger charge is -2.25. The highest BCUT2D eigenvalue weighted by Gasteiger charge is 2.29. The molecule has 0 aromatic rings. The fourth-order valence-electron chi connectivity index (χ4n) is 0.893. The van der Waals surface area contributed by atoms with E-state index in [-0.39, 0.29) is 12.0 Å². The van der Waals surface area contributed by atoms with Gasteiger partial charge in [0.1, 0.15) is 18.3 Å². The van der Waals surface area contributed by atoms with Crippen LogP contribution in [0.1, 0.15) is 0 Å². The SMILES string of the molecule is CNC[C@H](O)[C@@H](O)[C@H](O)[C@H](O)CO.O. The Labute approximate surface area is 81.9 Å². The van der Waals surface area contributed by atoms with Crippen LogP contribution in [0.15, 0.2) is 0 Å². The maximum atomic E-state index is 9.21. The van der Waals surface area contributed by atoms with E-state index in [9.17, 15) is 5.11 Å². The van der Waals surface area contributed by atoms with Gasteiger partial charge >= 0.3 is 0 Å². The fourth-order valence-corrected chi connectivity index (χ4v) is 0.893. The number of aliphatic hydroxyl groups excluding tert-OH is 5. The van der Waals surface area contributed by atoms with Crippen molar-refractivity contribution >= 4 is 0 Å². The number of hydrogen-bond donors (Lipinski definition) is 6. The molecule has 0 aliphatic rings. The first-order valence-electron chi connectivity index (χ1n) is 4.02. The molecule has 0 aromatic heterocycles. The summed E-state index contributed by atoms with van der Waals surface area (Å²) in [6.45, 7) is -0.569. The van der Waals surface area contributed by atoms with E-state index < -0.39 is 31.0 Å². The third-order valence-electron chi connectivity index (χ3n) is 1.74. The summed E-state index contributed by atoms with van der Waals surface area (Å²) < 4.78 is 0. The second kappa shape index (κ2) is 8.06. The summed E-state index contributed by atoms with van der Waals surface area (Å²) in [4.78, 5) is 0. The molecule has 0 aliphatic heterocycles. The fraction of sp³-hybridized carbons (Fsp3) is 1.00. The Morgan fingerprint density at radius 3 is 1.79 bits per heavy atom. The monoisotopic (exact) mass is 213 g/mol. The van der Waals surface area contributed by atoms with Crippen molar-refractivity contribution in [2.24, 2.45) is 0 Å². The van der Waals surface area contributed by atoms with Crippen LogP contribution in [-0.2, 0) is 0 Å². The Morgan fingerprint density at radius 1 is 1.00 bits per heavy atom. The van der Waals surface area contributed by atoms with Crippen LogP contribution < -0.4 is 5.32 Å². The second-order valence-electron chi connectivity index (χ2n) is 2.86. The lowest BCUT2D eigenvalue weighted by Crippen LogP contribution is -2.48. The smallest absolute Gasteiger partial charge is 0.111 e. The van der Waals surface area contributed by atoms with E-state index >= 15 is 0 Å². The van der Waals surface area contributed by atoms with Crippen molar-refractivity contribution in [2.45, 2.75) is 24.4 Å². The normalized spacial score (nSPS) is 19.3. The Balaban J connectivity index is 0. The van der Waals surface area contributed by atoms with Crippen molar-refractivity contribution in [2.75, 3.05) is 20.2 Å². The van der Waals surface area contributed by atoms with E-state index in [1.54, 1.807) is 7.05 Å². The highest BCUT2D eigenvalue weighted by molar-refractivity contribution is 4.81. The number of aliphatic hydroxyl groups is 5. The predicted octanol–water partition coefficient (Wildman–Crippen LogP) is -4.18. The molecule has 0 fully saturated rings. The van der Waals surface area contributed by atoms with Crippen LogP contribution in [0, 0.1) is 0 Å². The van der Waals surface area contributed by atoms with Gasteiger partial charge in [-0.05, 0) is 7.05 Å². The molecule has 0 saturated carbocycles. The summed E-state index contributed by atoms with van der Waals surface area (Å²) in [5, 5.41) is 47.5. The van der Waals surface area contributed by atoms with Gasteiger partial charge < -0.3 is 36.3 Å². The minimum absolute atomic E-state index is 0. The van der Waals surface area contributed by atoms with Gasteiger partial charge in [0.15, 0.2) is 0 Å². The number of likely N-dealkylation sites (N-methyl/N-ethyl adjacent to an activating group) is 1. The lowest BCUT2D eigenvalue weighted by atomic mass is 10.0. The number of hydrogen-bond acceptors (Lipinski definition) is 6. The first-order valence-corrected chi connectivity index (χ1v) is 4.02. The van der Waals surface area contributed by atoms with Crippen molar-refractivity contribution < 1.29 is 31.0 Å². The Morgan fingerprint density at radius 2 is 1.43 bits per heavy atom. The van der Waals surface area contributed by atoms with Crippen molar-refractivity contribution in [3.8, 4) is 0 Å². The maximum Gasteiger partial charge on any atom is 0.111 e. The molecule has 8 N–H and O–H groups in total. The van der Waals surface area contributed by atoms with Gasteiger partial charge in [0.2, 0.25) is 0 Å². The van der Waals surface area contributed by atoms with Crippen LogP contribution in [0.2, 0.25) is 0 Å². The van der Waals surface area contributed by atoms with Gasteiger partial charge in [-0.3, -0.25) is 0 Å². The van der Waals surface area contributed by atoms with Gasteiger partial charge in [0, 0.05) is 6.54 Å². The summed E-state index contributed by atoms with van der Waals surface area (Å²) in [6, 6.07) is 0. The standard InChI is InChI=1S/C7H17NO5.H2O/c1-8-2-4(10)6(12)7(13)5(11)3-9;/h4-13H,2-3H2,1H3;1H2/t4-,5+,6+,7+;/m0./s1. The predicted molar refractivity (Wildman–Crippen MR) is 48.7 cm³/mol. The zero-order chi connectivity index (χ0) is 10.4. The summed E-state index contributed by atoms with van der Waals surface area (Å²) >= 11 is 0. The third-order valence-corrected chi connectivity index (χ3v) is 1.74. The van der Waals surface area contributed by atoms with Crippen LogP contribution in [0.3, 0.4) is 0 Å². The molecule has 0 bridgehead atoms. The van der Waals surface area contributed by atoms with E-state index in [1.165, 1.54) is 0 Å². The van der Waals surface area contributed by atoms with Gasteiger partial charge in [-0.2, -0.15) is 0 Å². The maximum absolute atomic E-state index is 9.21. The summed E-state index contributed by atoms with van der Waals surface area (Å²) in [7, 11) is 1.57. The average molecular weight is 213 g/mol. The molecule has 7 heteroatoms. The topological polar surface area (TPSA) is 145 Å². The average Bonchev–Trinajstić information content (AvgIpc) is 2.14. The molecule has 4 atom stereocenters. The van der Waals surface area contributed by atoms with Crippen LogP contribution in [0.5, 0.6) is 0 Å². The largest absolute Gasteiger partial charge is 0.412 e. The van der Waals surface area contributed by atoms with Gasteiger partial charge in [-0.15, -0.1) is 0 Å². The van der Waals surface area contributed by atoms with Crippen LogP contribution >= 0.6 is 0 Å². The van der Waals surface area contributed by atoms with E-state index in [0.717, 1.165) is 0 Å². The van der Waals surface area contributed by atoms with Gasteiger partial charge in [-0.1, -0.05) is 0 Å². The van der Waals surface area contributed by atoms with Crippen molar-refractivity contribution in [3.63, 3.8) is 0 Å². The molecule has 7 nitrogen and oxygen atoms in total. The molecule has 0 heterocycles. The van der Waals surface area contributed by atoms with E-state index in [4.69, 9.17) is 20.4 Å². The molecule has 0 aliphatic carbocycles. The van der Waals surface area contributed by atoms with E-state index in [1.807, 2.05) is 0 Å². The molecular weight excluding hydrogens is 194 g/mol. The molecule has 0 rings (SSSR count). The molecule has 0 unspecified atom stereocenters. The molecule has 0 saturated heterocycles. The Bertz CT molecular complexity index is 135. The highest BCUT2D eigenvalue weighted by Crippen LogP contribution is 2.04. The summed E-state index contributed by atoms with van der Waals surface area (Å²) in [6.07, 6.45) is -5.65. The van der Waals surface area contributed by atoms with Crippen LogP contribution in [0.4, 0.5) is 0 Å². The van der Waals surface area contributed by atoms with Crippen molar-refractivity contribution in [3.05, 3.63) is 0 Å². The first-order chi connectivity index (χ1) is 6.04. The molecule has 0 spiro atoms. The zero-order valence-corrected chi connectivity index (χ0v) is 7.96. The molecule has 0 amide bonds. The third kappa shape index (κ3) is 4.82.